The minimum Gasteiger partial charge on any atom is -0.460 e. The second-order valence-electron chi connectivity index (χ2n) is 7.63. The first-order valence-electron chi connectivity index (χ1n) is 8.65. The van der Waals surface area contributed by atoms with Gasteiger partial charge in [0.2, 0.25) is 11.8 Å². The molecule has 2 amide bonds. The van der Waals surface area contributed by atoms with Crippen LogP contribution in [0, 0.1) is 0 Å². The Morgan fingerprint density at radius 3 is 2.73 bits per heavy atom. The zero-order chi connectivity index (χ0) is 19.1. The molecule has 26 heavy (non-hydrogen) atoms. The predicted molar refractivity (Wildman–Crippen MR) is 95.4 cm³/mol. The molecule has 2 heterocycles. The summed E-state index contributed by atoms with van der Waals surface area (Å²) in [6.45, 7) is 5.50. The Morgan fingerprint density at radius 2 is 2.08 bits per heavy atom. The molecule has 7 heteroatoms. The molecule has 1 aromatic carbocycles. The molecule has 1 aromatic heterocycles. The van der Waals surface area contributed by atoms with Gasteiger partial charge in [-0.1, -0.05) is 12.1 Å². The third-order valence-electron chi connectivity index (χ3n) is 4.28. The van der Waals surface area contributed by atoms with Gasteiger partial charge < -0.3 is 4.74 Å². The van der Waals surface area contributed by atoms with E-state index in [1.54, 1.807) is 11.7 Å². The largest absolute Gasteiger partial charge is 0.460 e. The van der Waals surface area contributed by atoms with E-state index >= 15 is 0 Å². The van der Waals surface area contributed by atoms with Crippen molar-refractivity contribution < 1.29 is 19.1 Å². The fourth-order valence-corrected chi connectivity index (χ4v) is 3.20. The molecule has 1 N–H and O–H groups in total. The topological polar surface area (TPSA) is 90.3 Å². The summed E-state index contributed by atoms with van der Waals surface area (Å²) in [5.41, 5.74) is 1.80. The van der Waals surface area contributed by atoms with Crippen molar-refractivity contribution in [2.24, 2.45) is 7.05 Å². The summed E-state index contributed by atoms with van der Waals surface area (Å²) in [6.07, 6.45) is 0.938. The fraction of sp³-hybridized carbons (Fsp3) is 0.474. The number of carbonyl (C=O) groups excluding carboxylic acids is 3. The number of aromatic nitrogens is 2. The van der Waals surface area contributed by atoms with E-state index in [0.717, 1.165) is 16.5 Å². The molecule has 1 saturated heterocycles. The number of carbonyl (C=O) groups is 3. The summed E-state index contributed by atoms with van der Waals surface area (Å²) in [5, 5.41) is 7.73. The van der Waals surface area contributed by atoms with Gasteiger partial charge in [0.25, 0.3) is 0 Å². The van der Waals surface area contributed by atoms with Gasteiger partial charge in [0, 0.05) is 18.9 Å². The lowest BCUT2D eigenvalue weighted by molar-refractivity contribution is -0.154. The number of rotatable bonds is 3. The highest BCUT2D eigenvalue weighted by Gasteiger charge is 2.31. The van der Waals surface area contributed by atoms with Crippen molar-refractivity contribution in [2.75, 3.05) is 0 Å². The van der Waals surface area contributed by atoms with Crippen molar-refractivity contribution in [1.82, 2.24) is 15.1 Å². The molecule has 1 fully saturated rings. The Bertz CT molecular complexity index is 892. The average molecular weight is 357 g/mol. The first-order chi connectivity index (χ1) is 12.1. The van der Waals surface area contributed by atoms with Crippen LogP contribution >= 0.6 is 0 Å². The number of amides is 2. The minimum absolute atomic E-state index is 0.173. The van der Waals surface area contributed by atoms with Gasteiger partial charge in [0.1, 0.15) is 5.60 Å². The van der Waals surface area contributed by atoms with E-state index in [-0.39, 0.29) is 24.2 Å². The summed E-state index contributed by atoms with van der Waals surface area (Å²) in [5.74, 6) is -1.28. The maximum atomic E-state index is 12.2. The molecule has 3 rings (SSSR count). The standard InChI is InChI=1S/C19H23N3O4/c1-19(2,3)26-16(24)10-11-5-6-12-14(9-11)22(4)21-17(12)13-7-8-15(23)20-18(13)25/h5-6,9,13H,7-8,10H2,1-4H3,(H,20,23,25). The third kappa shape index (κ3) is 3.76. The van der Waals surface area contributed by atoms with Crippen LogP contribution in [0.2, 0.25) is 0 Å². The Balaban J connectivity index is 1.88. The fourth-order valence-electron chi connectivity index (χ4n) is 3.20. The SMILES string of the molecule is Cn1nc(C2CCC(=O)NC2=O)c2ccc(CC(=O)OC(C)(C)C)cc21. The van der Waals surface area contributed by atoms with Gasteiger partial charge in [-0.3, -0.25) is 24.4 Å². The van der Waals surface area contributed by atoms with Crippen molar-refractivity contribution in [3.63, 3.8) is 0 Å². The number of piperidine rings is 1. The van der Waals surface area contributed by atoms with Crippen LogP contribution in [-0.2, 0) is 32.6 Å². The molecular formula is C19H23N3O4. The van der Waals surface area contributed by atoms with E-state index in [9.17, 15) is 14.4 Å². The van der Waals surface area contributed by atoms with E-state index in [1.165, 1.54) is 0 Å². The lowest BCUT2D eigenvalue weighted by Gasteiger charge is -2.19. The van der Waals surface area contributed by atoms with Crippen LogP contribution in [0.3, 0.4) is 0 Å². The number of aryl methyl sites for hydroxylation is 1. The summed E-state index contributed by atoms with van der Waals surface area (Å²) >= 11 is 0. The van der Waals surface area contributed by atoms with Gasteiger partial charge >= 0.3 is 5.97 Å². The molecular weight excluding hydrogens is 334 g/mol. The molecule has 0 spiro atoms. The number of benzene rings is 1. The second kappa shape index (κ2) is 6.55. The minimum atomic E-state index is -0.521. The van der Waals surface area contributed by atoms with Gasteiger partial charge in [-0.25, -0.2) is 0 Å². The van der Waals surface area contributed by atoms with Crippen LogP contribution in [0.1, 0.15) is 50.8 Å². The number of ether oxygens (including phenoxy) is 1. The molecule has 0 saturated carbocycles. The molecule has 0 radical (unpaired) electrons. The van der Waals surface area contributed by atoms with Crippen molar-refractivity contribution >= 4 is 28.7 Å². The molecule has 138 valence electrons. The predicted octanol–water partition coefficient (Wildman–Crippen LogP) is 1.98. The normalized spacial score (nSPS) is 18.1. The lowest BCUT2D eigenvalue weighted by Crippen LogP contribution is -2.39. The van der Waals surface area contributed by atoms with E-state index in [0.29, 0.717) is 18.5 Å². The van der Waals surface area contributed by atoms with E-state index in [4.69, 9.17) is 4.74 Å². The number of esters is 1. The zero-order valence-electron chi connectivity index (χ0n) is 15.5. The molecule has 0 bridgehead atoms. The van der Waals surface area contributed by atoms with Crippen LogP contribution in [0.5, 0.6) is 0 Å². The summed E-state index contributed by atoms with van der Waals surface area (Å²) in [4.78, 5) is 35.6. The Labute approximate surface area is 151 Å². The van der Waals surface area contributed by atoms with Gasteiger partial charge in [-0.05, 0) is 38.8 Å². The number of imide groups is 1. The Kier molecular flexibility index (Phi) is 4.56. The average Bonchev–Trinajstić information content (AvgIpc) is 2.82. The van der Waals surface area contributed by atoms with Crippen molar-refractivity contribution in [2.45, 2.75) is 51.6 Å². The number of nitrogens with zero attached hydrogens (tertiary/aromatic N) is 2. The summed E-state index contributed by atoms with van der Waals surface area (Å²) in [6, 6.07) is 5.62. The molecule has 1 unspecified atom stereocenters. The van der Waals surface area contributed by atoms with Crippen LogP contribution in [-0.4, -0.2) is 33.2 Å². The number of hydrogen-bond acceptors (Lipinski definition) is 5. The van der Waals surface area contributed by atoms with E-state index in [1.807, 2.05) is 39.0 Å². The molecule has 1 aliphatic heterocycles. The highest BCUT2D eigenvalue weighted by molar-refractivity contribution is 6.02. The van der Waals surface area contributed by atoms with Crippen molar-refractivity contribution in [1.29, 1.82) is 0 Å². The van der Waals surface area contributed by atoms with Gasteiger partial charge in [-0.2, -0.15) is 5.10 Å². The van der Waals surface area contributed by atoms with Gasteiger partial charge in [0.05, 0.1) is 23.5 Å². The van der Waals surface area contributed by atoms with Crippen molar-refractivity contribution in [3.05, 3.63) is 29.5 Å². The van der Waals surface area contributed by atoms with Gasteiger partial charge in [-0.15, -0.1) is 0 Å². The molecule has 2 aromatic rings. The van der Waals surface area contributed by atoms with Crippen LogP contribution < -0.4 is 5.32 Å². The maximum Gasteiger partial charge on any atom is 0.310 e. The lowest BCUT2D eigenvalue weighted by atomic mass is 9.92. The van der Waals surface area contributed by atoms with E-state index < -0.39 is 11.5 Å². The third-order valence-corrected chi connectivity index (χ3v) is 4.28. The van der Waals surface area contributed by atoms with E-state index in [2.05, 4.69) is 10.4 Å². The van der Waals surface area contributed by atoms with Crippen LogP contribution in [0.4, 0.5) is 0 Å². The van der Waals surface area contributed by atoms with Crippen LogP contribution in [0.25, 0.3) is 10.9 Å². The maximum absolute atomic E-state index is 12.2. The highest BCUT2D eigenvalue weighted by Crippen LogP contribution is 2.30. The first kappa shape index (κ1) is 18.1. The number of nitrogens with one attached hydrogen (secondary N) is 1. The zero-order valence-corrected chi connectivity index (χ0v) is 15.5. The Morgan fingerprint density at radius 1 is 1.35 bits per heavy atom. The summed E-state index contributed by atoms with van der Waals surface area (Å²) < 4.78 is 7.06. The molecule has 1 aliphatic rings. The quantitative estimate of drug-likeness (QED) is 0.670. The molecule has 7 nitrogen and oxygen atoms in total. The van der Waals surface area contributed by atoms with Crippen LogP contribution in [0.15, 0.2) is 18.2 Å². The number of hydrogen-bond donors (Lipinski definition) is 1. The molecule has 0 aliphatic carbocycles. The number of fused-ring (bicyclic) bond motifs is 1. The monoisotopic (exact) mass is 357 g/mol. The Hall–Kier alpha value is -2.70. The molecule has 1 atom stereocenters. The first-order valence-corrected chi connectivity index (χ1v) is 8.65. The smallest absolute Gasteiger partial charge is 0.310 e. The summed E-state index contributed by atoms with van der Waals surface area (Å²) in [7, 11) is 1.80. The van der Waals surface area contributed by atoms with Gasteiger partial charge in [0.15, 0.2) is 0 Å². The second-order valence-corrected chi connectivity index (χ2v) is 7.63. The highest BCUT2D eigenvalue weighted by atomic mass is 16.6. The van der Waals surface area contributed by atoms with Crippen molar-refractivity contribution in [3.8, 4) is 0 Å².